The number of nitrogens with one attached hydrogen (secondary N) is 2. The molecule has 3 rings (SSSR count). The molecule has 3 aromatic rings. The zero-order valence-electron chi connectivity index (χ0n) is 21.2. The van der Waals surface area contributed by atoms with E-state index in [4.69, 9.17) is 29.2 Å². The Bertz CT molecular complexity index is 1200. The Kier molecular flexibility index (Phi) is 11.1. The minimum atomic E-state index is -1.07. The molecular weight excluding hydrogens is 526 g/mol. The normalized spacial score (nSPS) is 10.2. The van der Waals surface area contributed by atoms with Crippen LogP contribution in [0.1, 0.15) is 20.7 Å². The molecule has 0 atom stereocenters. The van der Waals surface area contributed by atoms with E-state index in [9.17, 15) is 19.2 Å². The van der Waals surface area contributed by atoms with Crippen molar-refractivity contribution < 1.29 is 48.3 Å². The lowest BCUT2D eigenvalue weighted by Crippen LogP contribution is -2.30. The lowest BCUT2D eigenvalue weighted by Gasteiger charge is -2.10. The molecule has 4 N–H and O–H groups in total. The number of nitrogens with zero attached hydrogens (tertiary/aromatic N) is 1. The van der Waals surface area contributed by atoms with E-state index in [2.05, 4.69) is 15.6 Å². The van der Waals surface area contributed by atoms with Crippen molar-refractivity contribution in [2.45, 2.75) is 0 Å². The van der Waals surface area contributed by atoms with Crippen LogP contribution >= 0.6 is 0 Å². The molecule has 0 unspecified atom stereocenters. The molecule has 0 aliphatic carbocycles. The highest BCUT2D eigenvalue weighted by Gasteiger charge is 2.11. The van der Waals surface area contributed by atoms with Gasteiger partial charge < -0.3 is 39.8 Å². The number of aliphatic carboxylic acids is 2. The third-order valence-corrected chi connectivity index (χ3v) is 4.95. The van der Waals surface area contributed by atoms with Crippen LogP contribution in [0.15, 0.2) is 67.0 Å². The molecule has 210 valence electrons. The molecule has 0 saturated carbocycles. The number of pyridine rings is 1. The third-order valence-electron chi connectivity index (χ3n) is 4.95. The fourth-order valence-electron chi connectivity index (χ4n) is 3.11. The van der Waals surface area contributed by atoms with Crippen molar-refractivity contribution in [2.24, 2.45) is 0 Å². The number of ether oxygens (including phenoxy) is 4. The quantitative estimate of drug-likeness (QED) is 0.189. The predicted molar refractivity (Wildman–Crippen MR) is 139 cm³/mol. The molecular formula is C27H27N3O10. The van der Waals surface area contributed by atoms with Crippen LogP contribution in [-0.4, -0.2) is 78.5 Å². The fourth-order valence-corrected chi connectivity index (χ4v) is 3.11. The molecule has 0 saturated heterocycles. The van der Waals surface area contributed by atoms with E-state index in [0.717, 1.165) is 0 Å². The van der Waals surface area contributed by atoms with E-state index in [1.165, 1.54) is 18.5 Å². The lowest BCUT2D eigenvalue weighted by atomic mass is 10.2. The summed E-state index contributed by atoms with van der Waals surface area (Å²) < 4.78 is 21.2. The van der Waals surface area contributed by atoms with Crippen LogP contribution < -0.4 is 29.6 Å². The maximum absolute atomic E-state index is 12.5. The van der Waals surface area contributed by atoms with Gasteiger partial charge in [-0.15, -0.1) is 0 Å². The maximum atomic E-state index is 12.5. The second kappa shape index (κ2) is 15.2. The highest BCUT2D eigenvalue weighted by atomic mass is 16.5. The van der Waals surface area contributed by atoms with Crippen molar-refractivity contribution in [3.63, 3.8) is 0 Å². The Hall–Kier alpha value is -5.33. The van der Waals surface area contributed by atoms with Crippen LogP contribution in [-0.2, 0) is 9.59 Å². The Labute approximate surface area is 228 Å². The van der Waals surface area contributed by atoms with Gasteiger partial charge in [0.15, 0.2) is 13.2 Å². The number of amides is 2. The largest absolute Gasteiger partial charge is 0.492 e. The van der Waals surface area contributed by atoms with Crippen molar-refractivity contribution in [1.29, 1.82) is 0 Å². The average molecular weight is 554 g/mol. The zero-order chi connectivity index (χ0) is 28.7. The first-order valence-electron chi connectivity index (χ1n) is 12.0. The molecule has 2 aromatic carbocycles. The summed E-state index contributed by atoms with van der Waals surface area (Å²) >= 11 is 0. The van der Waals surface area contributed by atoms with E-state index >= 15 is 0 Å². The molecule has 1 aromatic heterocycles. The average Bonchev–Trinajstić information content (AvgIpc) is 2.96. The summed E-state index contributed by atoms with van der Waals surface area (Å²) in [6.07, 6.45) is 2.69. The molecule has 40 heavy (non-hydrogen) atoms. The van der Waals surface area contributed by atoms with Gasteiger partial charge in [-0.05, 0) is 54.6 Å². The number of hydrogen-bond acceptors (Lipinski definition) is 9. The molecule has 0 aliphatic rings. The molecule has 0 bridgehead atoms. The SMILES string of the molecule is O=C(O)COc1ccc(OCCNC(=O)c2cncc(C(=O)NCCOc3ccc(OCC(=O)O)cc3)c2)cc1. The molecule has 13 heteroatoms. The van der Waals surface area contributed by atoms with Gasteiger partial charge >= 0.3 is 11.9 Å². The number of carbonyl (C=O) groups excluding carboxylic acids is 2. The number of rotatable bonds is 16. The van der Waals surface area contributed by atoms with Crippen LogP contribution in [0.3, 0.4) is 0 Å². The van der Waals surface area contributed by atoms with E-state index in [1.54, 1.807) is 48.5 Å². The van der Waals surface area contributed by atoms with E-state index in [0.29, 0.717) is 23.0 Å². The first-order valence-corrected chi connectivity index (χ1v) is 12.0. The molecule has 0 radical (unpaired) electrons. The van der Waals surface area contributed by atoms with Crippen LogP contribution in [0.2, 0.25) is 0 Å². The maximum Gasteiger partial charge on any atom is 0.341 e. The fraction of sp³-hybridized carbons (Fsp3) is 0.222. The molecule has 0 fully saturated rings. The zero-order valence-corrected chi connectivity index (χ0v) is 21.2. The molecule has 0 aliphatic heterocycles. The van der Waals surface area contributed by atoms with Gasteiger partial charge in [0.2, 0.25) is 0 Å². The van der Waals surface area contributed by atoms with Gasteiger partial charge in [-0.1, -0.05) is 0 Å². The smallest absolute Gasteiger partial charge is 0.341 e. The number of hydrogen-bond donors (Lipinski definition) is 4. The van der Waals surface area contributed by atoms with Gasteiger partial charge in [0.05, 0.1) is 24.2 Å². The Morgan fingerprint density at radius 3 is 1.30 bits per heavy atom. The van der Waals surface area contributed by atoms with Crippen molar-refractivity contribution in [1.82, 2.24) is 15.6 Å². The van der Waals surface area contributed by atoms with Crippen molar-refractivity contribution in [3.05, 3.63) is 78.1 Å². The van der Waals surface area contributed by atoms with Crippen LogP contribution in [0.25, 0.3) is 0 Å². The first kappa shape index (κ1) is 29.2. The Balaban J connectivity index is 1.36. The van der Waals surface area contributed by atoms with Gasteiger partial charge in [0.25, 0.3) is 11.8 Å². The van der Waals surface area contributed by atoms with Gasteiger partial charge in [0.1, 0.15) is 36.2 Å². The molecule has 2 amide bonds. The summed E-state index contributed by atoms with van der Waals surface area (Å²) in [6, 6.07) is 14.2. The third kappa shape index (κ3) is 10.2. The summed E-state index contributed by atoms with van der Waals surface area (Å²) in [7, 11) is 0. The second-order valence-electron chi connectivity index (χ2n) is 7.98. The predicted octanol–water partition coefficient (Wildman–Crippen LogP) is 1.63. The second-order valence-corrected chi connectivity index (χ2v) is 7.98. The van der Waals surface area contributed by atoms with Gasteiger partial charge in [-0.25, -0.2) is 9.59 Å². The van der Waals surface area contributed by atoms with E-state index < -0.39 is 37.0 Å². The van der Waals surface area contributed by atoms with Crippen LogP contribution in [0.4, 0.5) is 0 Å². The van der Waals surface area contributed by atoms with Crippen molar-refractivity contribution in [3.8, 4) is 23.0 Å². The highest BCUT2D eigenvalue weighted by molar-refractivity contribution is 5.99. The molecule has 13 nitrogen and oxygen atoms in total. The highest BCUT2D eigenvalue weighted by Crippen LogP contribution is 2.18. The summed E-state index contributed by atoms with van der Waals surface area (Å²) in [5.74, 6) is -1.19. The molecule has 0 spiro atoms. The Morgan fingerprint density at radius 2 is 0.950 bits per heavy atom. The Morgan fingerprint density at radius 1 is 0.600 bits per heavy atom. The topological polar surface area (TPSA) is 183 Å². The summed E-state index contributed by atoms with van der Waals surface area (Å²) in [5, 5.41) is 22.6. The number of carboxylic acids is 2. The minimum Gasteiger partial charge on any atom is -0.492 e. The van der Waals surface area contributed by atoms with Gasteiger partial charge in [-0.3, -0.25) is 14.6 Å². The number of aromatic nitrogens is 1. The standard InChI is InChI=1S/C27H27N3O10/c31-24(32)16-39-22-5-1-20(2-6-22)37-11-9-29-26(35)18-13-19(15-28-14-18)27(36)30-10-12-38-21-3-7-23(8-4-21)40-17-25(33)34/h1-8,13-15H,9-12,16-17H2,(H,29,35)(H,30,36)(H,31,32)(H,33,34). The number of carboxylic acid groups (broad SMARTS) is 2. The summed E-state index contributed by atoms with van der Waals surface area (Å²) in [6.45, 7) is -0.153. The molecule has 1 heterocycles. The van der Waals surface area contributed by atoms with Crippen molar-refractivity contribution >= 4 is 23.8 Å². The lowest BCUT2D eigenvalue weighted by molar-refractivity contribution is -0.140. The van der Waals surface area contributed by atoms with E-state index in [1.807, 2.05) is 0 Å². The number of carbonyl (C=O) groups is 4. The first-order chi connectivity index (χ1) is 19.3. The number of benzene rings is 2. The minimum absolute atomic E-state index is 0.173. The summed E-state index contributed by atoms with van der Waals surface area (Å²) in [4.78, 5) is 49.9. The van der Waals surface area contributed by atoms with Gasteiger partial charge in [0, 0.05) is 12.4 Å². The monoisotopic (exact) mass is 553 g/mol. The van der Waals surface area contributed by atoms with Crippen molar-refractivity contribution in [2.75, 3.05) is 39.5 Å². The summed E-state index contributed by atoms with van der Waals surface area (Å²) in [5.41, 5.74) is 0.406. The van der Waals surface area contributed by atoms with Crippen LogP contribution in [0, 0.1) is 0 Å². The van der Waals surface area contributed by atoms with Gasteiger partial charge in [-0.2, -0.15) is 0 Å². The van der Waals surface area contributed by atoms with E-state index in [-0.39, 0.29) is 37.4 Å². The van der Waals surface area contributed by atoms with Crippen LogP contribution in [0.5, 0.6) is 23.0 Å².